The van der Waals surface area contributed by atoms with Crippen LogP contribution in [0.1, 0.15) is 0 Å². The van der Waals surface area contributed by atoms with E-state index in [1.807, 2.05) is 0 Å². The Kier molecular flexibility index (Phi) is 2.81. The maximum absolute atomic E-state index is 9.21. The largest absolute Gasteiger partial charge is 0.387 e. The van der Waals surface area contributed by atoms with E-state index in [-0.39, 0.29) is 0 Å². The Hall–Kier alpha value is -0.460. The third kappa shape index (κ3) is 1.50. The molecule has 0 radical (unpaired) electrons. The van der Waals surface area contributed by atoms with E-state index in [4.69, 9.17) is 20.1 Å². The SMILES string of the molecule is C=C[C@H]1O[C@@H](O)[C@H](O)[C@@H](O)[C@H]1O. The first-order valence-electron chi connectivity index (χ1n) is 3.58. The molecule has 0 unspecified atom stereocenters. The molecule has 1 rings (SSSR count). The number of rotatable bonds is 1. The Bertz CT molecular complexity index is 171. The van der Waals surface area contributed by atoms with Gasteiger partial charge in [0.05, 0.1) is 0 Å². The fraction of sp³-hybridized carbons (Fsp3) is 0.714. The van der Waals surface area contributed by atoms with Gasteiger partial charge in [0.15, 0.2) is 6.29 Å². The van der Waals surface area contributed by atoms with Gasteiger partial charge in [0.25, 0.3) is 0 Å². The number of hydrogen-bond acceptors (Lipinski definition) is 5. The number of aliphatic hydroxyl groups is 4. The zero-order valence-electron chi connectivity index (χ0n) is 6.37. The van der Waals surface area contributed by atoms with Gasteiger partial charge in [-0.2, -0.15) is 0 Å². The summed E-state index contributed by atoms with van der Waals surface area (Å²) in [6, 6.07) is 0. The fourth-order valence-electron chi connectivity index (χ4n) is 1.08. The van der Waals surface area contributed by atoms with Gasteiger partial charge < -0.3 is 25.2 Å². The highest BCUT2D eigenvalue weighted by Gasteiger charge is 2.41. The number of hydrogen-bond donors (Lipinski definition) is 4. The van der Waals surface area contributed by atoms with Gasteiger partial charge in [0.1, 0.15) is 24.4 Å². The summed E-state index contributed by atoms with van der Waals surface area (Å²) in [7, 11) is 0. The third-order valence-corrected chi connectivity index (χ3v) is 1.86. The van der Waals surface area contributed by atoms with Crippen molar-refractivity contribution in [3.8, 4) is 0 Å². The summed E-state index contributed by atoms with van der Waals surface area (Å²) < 4.78 is 4.71. The van der Waals surface area contributed by atoms with Crippen molar-refractivity contribution in [2.24, 2.45) is 0 Å². The third-order valence-electron chi connectivity index (χ3n) is 1.86. The first-order valence-corrected chi connectivity index (χ1v) is 3.58. The molecule has 0 amide bonds. The van der Waals surface area contributed by atoms with Crippen LogP contribution in [-0.4, -0.2) is 51.1 Å². The van der Waals surface area contributed by atoms with Crippen molar-refractivity contribution in [1.29, 1.82) is 0 Å². The van der Waals surface area contributed by atoms with Gasteiger partial charge in [-0.25, -0.2) is 0 Å². The molecule has 0 aliphatic carbocycles. The Balaban J connectivity index is 2.70. The van der Waals surface area contributed by atoms with E-state index in [0.717, 1.165) is 0 Å². The zero-order valence-corrected chi connectivity index (χ0v) is 6.37. The van der Waals surface area contributed by atoms with Gasteiger partial charge >= 0.3 is 0 Å². The summed E-state index contributed by atoms with van der Waals surface area (Å²) in [5, 5.41) is 36.3. The predicted octanol–water partition coefficient (Wildman–Crippen LogP) is -2.03. The Labute approximate surface area is 69.5 Å². The fourth-order valence-corrected chi connectivity index (χ4v) is 1.08. The van der Waals surface area contributed by atoms with E-state index in [9.17, 15) is 5.11 Å². The normalized spacial score (nSPS) is 48.8. The standard InChI is InChI=1S/C7H12O5/c1-2-3-4(8)5(9)6(10)7(11)12-3/h2-11H,1H2/t3-,4+,5+,6-,7-/m1/s1. The van der Waals surface area contributed by atoms with Crippen molar-refractivity contribution in [2.45, 2.75) is 30.7 Å². The molecule has 5 nitrogen and oxygen atoms in total. The molecular weight excluding hydrogens is 164 g/mol. The molecule has 12 heavy (non-hydrogen) atoms. The Morgan fingerprint density at radius 2 is 1.58 bits per heavy atom. The lowest BCUT2D eigenvalue weighted by atomic mass is 9.99. The average Bonchev–Trinajstić information content (AvgIpc) is 2.08. The molecule has 1 saturated heterocycles. The summed E-state index contributed by atoms with van der Waals surface area (Å²) in [6.45, 7) is 3.34. The summed E-state index contributed by atoms with van der Waals surface area (Å²) in [4.78, 5) is 0. The molecule has 5 atom stereocenters. The summed E-state index contributed by atoms with van der Waals surface area (Å²) in [5.41, 5.74) is 0. The van der Waals surface area contributed by atoms with Crippen LogP contribution in [0.2, 0.25) is 0 Å². The van der Waals surface area contributed by atoms with Crippen LogP contribution >= 0.6 is 0 Å². The van der Waals surface area contributed by atoms with Gasteiger partial charge in [-0.15, -0.1) is 6.58 Å². The highest BCUT2D eigenvalue weighted by atomic mass is 16.6. The molecule has 4 N–H and O–H groups in total. The van der Waals surface area contributed by atoms with Crippen LogP contribution in [0.15, 0.2) is 12.7 Å². The Morgan fingerprint density at radius 3 is 2.08 bits per heavy atom. The minimum Gasteiger partial charge on any atom is -0.387 e. The molecule has 1 aliphatic rings. The first kappa shape index (κ1) is 9.63. The van der Waals surface area contributed by atoms with Crippen molar-refractivity contribution in [3.63, 3.8) is 0 Å². The van der Waals surface area contributed by atoms with Gasteiger partial charge in [-0.3, -0.25) is 0 Å². The molecule has 0 spiro atoms. The van der Waals surface area contributed by atoms with Gasteiger partial charge in [0.2, 0.25) is 0 Å². The van der Waals surface area contributed by atoms with Crippen LogP contribution in [0, 0.1) is 0 Å². The number of aliphatic hydroxyl groups excluding tert-OH is 4. The molecule has 0 aromatic rings. The van der Waals surface area contributed by atoms with Gasteiger partial charge in [0, 0.05) is 0 Å². The summed E-state index contributed by atoms with van der Waals surface area (Å²) in [6.07, 6.45) is -5.21. The quantitative estimate of drug-likeness (QED) is 0.346. The van der Waals surface area contributed by atoms with E-state index in [0.29, 0.717) is 0 Å². The minimum absolute atomic E-state index is 0.849. The smallest absolute Gasteiger partial charge is 0.184 e. The van der Waals surface area contributed by atoms with Crippen molar-refractivity contribution >= 4 is 0 Å². The number of ether oxygens (including phenoxy) is 1. The maximum atomic E-state index is 9.21. The molecule has 0 bridgehead atoms. The van der Waals surface area contributed by atoms with E-state index in [1.54, 1.807) is 0 Å². The van der Waals surface area contributed by atoms with Crippen LogP contribution in [0.25, 0.3) is 0 Å². The van der Waals surface area contributed by atoms with Crippen LogP contribution in [-0.2, 0) is 4.74 Å². The monoisotopic (exact) mass is 176 g/mol. The van der Waals surface area contributed by atoms with Crippen molar-refractivity contribution in [1.82, 2.24) is 0 Å². The second kappa shape index (κ2) is 3.51. The molecule has 1 fully saturated rings. The zero-order chi connectivity index (χ0) is 9.30. The van der Waals surface area contributed by atoms with E-state index < -0.39 is 30.7 Å². The first-order chi connectivity index (χ1) is 5.57. The van der Waals surface area contributed by atoms with Crippen LogP contribution < -0.4 is 0 Å². The molecule has 5 heteroatoms. The van der Waals surface area contributed by atoms with Crippen molar-refractivity contribution in [2.75, 3.05) is 0 Å². The average molecular weight is 176 g/mol. The molecule has 0 aromatic carbocycles. The second-order valence-electron chi connectivity index (χ2n) is 2.70. The maximum Gasteiger partial charge on any atom is 0.184 e. The lowest BCUT2D eigenvalue weighted by molar-refractivity contribution is -0.271. The lowest BCUT2D eigenvalue weighted by Crippen LogP contribution is -2.56. The highest BCUT2D eigenvalue weighted by Crippen LogP contribution is 2.19. The molecule has 0 saturated carbocycles. The van der Waals surface area contributed by atoms with E-state index in [1.165, 1.54) is 6.08 Å². The predicted molar refractivity (Wildman–Crippen MR) is 39.1 cm³/mol. The second-order valence-corrected chi connectivity index (χ2v) is 2.70. The van der Waals surface area contributed by atoms with E-state index >= 15 is 0 Å². The van der Waals surface area contributed by atoms with Gasteiger partial charge in [-0.05, 0) is 0 Å². The Morgan fingerprint density at radius 1 is 1.00 bits per heavy atom. The minimum atomic E-state index is -1.48. The van der Waals surface area contributed by atoms with Gasteiger partial charge in [-0.1, -0.05) is 6.08 Å². The van der Waals surface area contributed by atoms with Crippen LogP contribution in [0.4, 0.5) is 0 Å². The van der Waals surface area contributed by atoms with E-state index in [2.05, 4.69) is 6.58 Å². The van der Waals surface area contributed by atoms with Crippen LogP contribution in [0.5, 0.6) is 0 Å². The van der Waals surface area contributed by atoms with Crippen molar-refractivity contribution < 1.29 is 25.2 Å². The summed E-state index contributed by atoms with van der Waals surface area (Å²) in [5.74, 6) is 0. The topological polar surface area (TPSA) is 90.2 Å². The molecule has 1 aliphatic heterocycles. The molecule has 1 heterocycles. The highest BCUT2D eigenvalue weighted by molar-refractivity contribution is 4.96. The van der Waals surface area contributed by atoms with Crippen LogP contribution in [0.3, 0.4) is 0 Å². The molecular formula is C7H12O5. The van der Waals surface area contributed by atoms with Crippen molar-refractivity contribution in [3.05, 3.63) is 12.7 Å². The lowest BCUT2D eigenvalue weighted by Gasteiger charge is -2.36. The molecule has 70 valence electrons. The summed E-state index contributed by atoms with van der Waals surface area (Å²) >= 11 is 0. The molecule has 0 aromatic heterocycles.